The molecule has 0 saturated heterocycles. The highest BCUT2D eigenvalue weighted by Gasteiger charge is 2.37. The first-order valence-electron chi connectivity index (χ1n) is 4.63. The standard InChI is InChI=1S/C10H9F3OS/c11-10(12,13)9-5-15-4-8(9)6-1-2-7(14)3-6/h4-6H,1-3H2. The molecule has 0 spiro atoms. The highest BCUT2D eigenvalue weighted by atomic mass is 32.1. The summed E-state index contributed by atoms with van der Waals surface area (Å²) in [5, 5.41) is 2.64. The molecule has 1 atom stereocenters. The molecule has 0 N–H and O–H groups in total. The highest BCUT2D eigenvalue weighted by Crippen LogP contribution is 2.42. The number of Topliss-reactive ketones (excluding diaryl/α,β-unsaturated/α-hetero) is 1. The summed E-state index contributed by atoms with van der Waals surface area (Å²) in [6, 6.07) is 0. The second kappa shape index (κ2) is 3.63. The second-order valence-corrected chi connectivity index (χ2v) is 4.46. The molecule has 82 valence electrons. The molecule has 0 bridgehead atoms. The van der Waals surface area contributed by atoms with Crippen molar-refractivity contribution in [1.29, 1.82) is 0 Å². The fourth-order valence-corrected chi connectivity index (χ4v) is 2.87. The average molecular weight is 234 g/mol. The van der Waals surface area contributed by atoms with E-state index in [0.29, 0.717) is 18.4 Å². The van der Waals surface area contributed by atoms with Crippen LogP contribution in [0, 0.1) is 0 Å². The van der Waals surface area contributed by atoms with Gasteiger partial charge in [0.05, 0.1) is 5.56 Å². The maximum absolute atomic E-state index is 12.6. The summed E-state index contributed by atoms with van der Waals surface area (Å²) >= 11 is 1.05. The first-order chi connectivity index (χ1) is 6.98. The molecular weight excluding hydrogens is 225 g/mol. The van der Waals surface area contributed by atoms with Gasteiger partial charge in [0, 0.05) is 18.2 Å². The molecule has 1 fully saturated rings. The predicted molar refractivity (Wildman–Crippen MR) is 50.9 cm³/mol. The van der Waals surface area contributed by atoms with Gasteiger partial charge < -0.3 is 0 Å². The van der Waals surface area contributed by atoms with Crippen LogP contribution >= 0.6 is 11.3 Å². The van der Waals surface area contributed by atoms with Crippen LogP contribution in [0.25, 0.3) is 0 Å². The molecule has 0 aromatic carbocycles. The van der Waals surface area contributed by atoms with E-state index in [1.165, 1.54) is 5.38 Å². The topological polar surface area (TPSA) is 17.1 Å². The lowest BCUT2D eigenvalue weighted by Crippen LogP contribution is -2.08. The van der Waals surface area contributed by atoms with Crippen LogP contribution in [0.4, 0.5) is 13.2 Å². The third kappa shape index (κ3) is 2.07. The number of rotatable bonds is 1. The van der Waals surface area contributed by atoms with Gasteiger partial charge >= 0.3 is 6.18 Å². The van der Waals surface area contributed by atoms with E-state index in [2.05, 4.69) is 0 Å². The normalized spacial score (nSPS) is 22.3. The van der Waals surface area contributed by atoms with Gasteiger partial charge in [-0.15, -0.1) is 0 Å². The lowest BCUT2D eigenvalue weighted by Gasteiger charge is -2.12. The van der Waals surface area contributed by atoms with Gasteiger partial charge in [-0.25, -0.2) is 0 Å². The number of ketones is 1. The predicted octanol–water partition coefficient (Wildman–Crippen LogP) is 3.60. The third-order valence-corrected chi connectivity index (χ3v) is 3.44. The van der Waals surface area contributed by atoms with Crippen molar-refractivity contribution in [3.63, 3.8) is 0 Å². The van der Waals surface area contributed by atoms with E-state index in [1.807, 2.05) is 0 Å². The zero-order chi connectivity index (χ0) is 11.1. The fraction of sp³-hybridized carbons (Fsp3) is 0.500. The molecule has 2 rings (SSSR count). The van der Waals surface area contributed by atoms with Gasteiger partial charge in [-0.1, -0.05) is 0 Å². The van der Waals surface area contributed by atoms with Crippen LogP contribution in [-0.4, -0.2) is 5.78 Å². The van der Waals surface area contributed by atoms with Crippen molar-refractivity contribution in [2.24, 2.45) is 0 Å². The number of carbonyl (C=O) groups excluding carboxylic acids is 1. The molecule has 5 heteroatoms. The average Bonchev–Trinajstić information content (AvgIpc) is 2.68. The Bertz CT molecular complexity index is 380. The van der Waals surface area contributed by atoms with Gasteiger partial charge in [0.2, 0.25) is 0 Å². The van der Waals surface area contributed by atoms with E-state index in [4.69, 9.17) is 0 Å². The van der Waals surface area contributed by atoms with E-state index >= 15 is 0 Å². The maximum atomic E-state index is 12.6. The van der Waals surface area contributed by atoms with E-state index in [0.717, 1.165) is 16.7 Å². The number of thiophene rings is 1. The summed E-state index contributed by atoms with van der Waals surface area (Å²) in [5.74, 6) is -0.153. The van der Waals surface area contributed by atoms with Crippen molar-refractivity contribution >= 4 is 17.1 Å². The van der Waals surface area contributed by atoms with Crippen LogP contribution in [0.15, 0.2) is 10.8 Å². The number of hydrogen-bond acceptors (Lipinski definition) is 2. The van der Waals surface area contributed by atoms with Crippen LogP contribution in [-0.2, 0) is 11.0 Å². The maximum Gasteiger partial charge on any atom is 0.417 e. The van der Waals surface area contributed by atoms with Crippen LogP contribution in [0.1, 0.15) is 36.3 Å². The van der Waals surface area contributed by atoms with E-state index in [-0.39, 0.29) is 18.1 Å². The SMILES string of the molecule is O=C1CCC(c2cscc2C(F)(F)F)C1. The summed E-state index contributed by atoms with van der Waals surface area (Å²) in [7, 11) is 0. The van der Waals surface area contributed by atoms with Gasteiger partial charge in [-0.2, -0.15) is 24.5 Å². The van der Waals surface area contributed by atoms with Gasteiger partial charge in [-0.05, 0) is 23.3 Å². The Morgan fingerprint density at radius 1 is 1.33 bits per heavy atom. The second-order valence-electron chi connectivity index (χ2n) is 3.72. The Morgan fingerprint density at radius 3 is 2.60 bits per heavy atom. The Kier molecular flexibility index (Phi) is 2.58. The minimum atomic E-state index is -4.29. The van der Waals surface area contributed by atoms with Crippen molar-refractivity contribution < 1.29 is 18.0 Å². The van der Waals surface area contributed by atoms with E-state index in [1.54, 1.807) is 0 Å². The molecule has 1 heterocycles. The molecule has 0 amide bonds. The molecule has 1 unspecified atom stereocenters. The molecular formula is C10H9F3OS. The summed E-state index contributed by atoms with van der Waals surface area (Å²) in [6.45, 7) is 0. The molecule has 0 radical (unpaired) electrons. The summed E-state index contributed by atoms with van der Waals surface area (Å²) < 4.78 is 37.7. The first kappa shape index (κ1) is 10.7. The monoisotopic (exact) mass is 234 g/mol. The number of halogens is 3. The zero-order valence-electron chi connectivity index (χ0n) is 7.80. The Balaban J connectivity index is 2.29. The van der Waals surface area contributed by atoms with Crippen LogP contribution in [0.2, 0.25) is 0 Å². The Morgan fingerprint density at radius 2 is 2.07 bits per heavy atom. The zero-order valence-corrected chi connectivity index (χ0v) is 8.62. The van der Waals surface area contributed by atoms with Crippen molar-refractivity contribution in [1.82, 2.24) is 0 Å². The smallest absolute Gasteiger partial charge is 0.300 e. The fourth-order valence-electron chi connectivity index (χ4n) is 1.93. The molecule has 1 aliphatic carbocycles. The summed E-state index contributed by atoms with van der Waals surface area (Å²) in [5.41, 5.74) is -0.259. The number of hydrogen-bond donors (Lipinski definition) is 0. The van der Waals surface area contributed by atoms with Gasteiger partial charge in [0.15, 0.2) is 0 Å². The quantitative estimate of drug-likeness (QED) is 0.725. The van der Waals surface area contributed by atoms with E-state index < -0.39 is 11.7 Å². The van der Waals surface area contributed by atoms with Crippen molar-refractivity contribution in [3.05, 3.63) is 21.9 Å². The third-order valence-electron chi connectivity index (χ3n) is 2.68. The molecule has 1 saturated carbocycles. The molecule has 1 aromatic heterocycles. The number of carbonyl (C=O) groups is 1. The lowest BCUT2D eigenvalue weighted by atomic mass is 9.96. The molecule has 1 aromatic rings. The highest BCUT2D eigenvalue weighted by molar-refractivity contribution is 7.08. The van der Waals surface area contributed by atoms with Gasteiger partial charge in [-0.3, -0.25) is 4.79 Å². The van der Waals surface area contributed by atoms with Crippen molar-refractivity contribution in [3.8, 4) is 0 Å². The Hall–Kier alpha value is -0.840. The van der Waals surface area contributed by atoms with Gasteiger partial charge in [0.25, 0.3) is 0 Å². The number of alkyl halides is 3. The molecule has 1 nitrogen and oxygen atoms in total. The van der Waals surface area contributed by atoms with Crippen molar-refractivity contribution in [2.45, 2.75) is 31.4 Å². The van der Waals surface area contributed by atoms with Crippen LogP contribution < -0.4 is 0 Å². The van der Waals surface area contributed by atoms with Crippen LogP contribution in [0.3, 0.4) is 0 Å². The van der Waals surface area contributed by atoms with Gasteiger partial charge in [0.1, 0.15) is 5.78 Å². The van der Waals surface area contributed by atoms with E-state index in [9.17, 15) is 18.0 Å². The molecule has 1 aliphatic rings. The van der Waals surface area contributed by atoms with Crippen molar-refractivity contribution in [2.75, 3.05) is 0 Å². The molecule has 0 aliphatic heterocycles. The Labute approximate surface area is 88.9 Å². The largest absolute Gasteiger partial charge is 0.417 e. The summed E-state index contributed by atoms with van der Waals surface area (Å²) in [4.78, 5) is 11.0. The summed E-state index contributed by atoms with van der Waals surface area (Å²) in [6.07, 6.45) is -3.06. The lowest BCUT2D eigenvalue weighted by molar-refractivity contribution is -0.138. The molecule has 15 heavy (non-hydrogen) atoms. The minimum absolute atomic E-state index is 0.0688. The first-order valence-corrected chi connectivity index (χ1v) is 5.57. The van der Waals surface area contributed by atoms with Crippen LogP contribution in [0.5, 0.6) is 0 Å². The minimum Gasteiger partial charge on any atom is -0.300 e.